The zero-order valence-corrected chi connectivity index (χ0v) is 26.9. The number of anilines is 5. The van der Waals surface area contributed by atoms with Crippen LogP contribution in [0.4, 0.5) is 38.0 Å². The smallest absolute Gasteiger partial charge is 0.277 e. The minimum Gasteiger partial charge on any atom is -0.491 e. The van der Waals surface area contributed by atoms with E-state index in [1.165, 1.54) is 4.90 Å². The van der Waals surface area contributed by atoms with Gasteiger partial charge in [0.25, 0.3) is 6.43 Å². The Kier molecular flexibility index (Phi) is 11.9. The van der Waals surface area contributed by atoms with Crippen molar-refractivity contribution in [1.82, 2.24) is 24.8 Å². The molecule has 4 heterocycles. The van der Waals surface area contributed by atoms with E-state index in [9.17, 15) is 13.6 Å². The first-order valence-electron chi connectivity index (χ1n) is 14.7. The largest absolute Gasteiger partial charge is 0.491 e. The normalized spacial score (nSPS) is 18.7. The van der Waals surface area contributed by atoms with Crippen molar-refractivity contribution in [2.45, 2.75) is 37.9 Å². The number of hydrogen-bond acceptors (Lipinski definition) is 11. The summed E-state index contributed by atoms with van der Waals surface area (Å²) in [5.41, 5.74) is 0.994. The Balaban J connectivity index is 0.00000442. The van der Waals surface area contributed by atoms with Crippen molar-refractivity contribution >= 4 is 59.1 Å². The van der Waals surface area contributed by atoms with Crippen LogP contribution in [0.1, 0.15) is 19.3 Å². The Morgan fingerprint density at radius 2 is 1.82 bits per heavy atom. The van der Waals surface area contributed by atoms with Crippen LogP contribution in [0.3, 0.4) is 0 Å². The van der Waals surface area contributed by atoms with E-state index in [1.54, 1.807) is 23.1 Å². The second-order valence-corrected chi connectivity index (χ2v) is 11.4. The summed E-state index contributed by atoms with van der Waals surface area (Å²) in [5.74, 6) is 1.28. The molecule has 0 spiro atoms. The van der Waals surface area contributed by atoms with Gasteiger partial charge < -0.3 is 34.4 Å². The van der Waals surface area contributed by atoms with E-state index in [-0.39, 0.29) is 36.2 Å². The molecule has 1 N–H and O–H groups in total. The van der Waals surface area contributed by atoms with Crippen molar-refractivity contribution in [3.8, 4) is 5.75 Å². The number of likely N-dealkylation sites (tertiary alicyclic amines) is 1. The molecule has 244 valence electrons. The van der Waals surface area contributed by atoms with Gasteiger partial charge >= 0.3 is 0 Å². The number of carbonyl (C=O) groups is 1. The fourth-order valence-corrected chi connectivity index (χ4v) is 5.75. The predicted octanol–water partition coefficient (Wildman–Crippen LogP) is 3.28. The Morgan fingerprint density at radius 1 is 1.11 bits per heavy atom. The molecule has 1 aromatic carbocycles. The number of para-hydroxylation sites is 1. The molecule has 0 aliphatic carbocycles. The standard InChI is InChI=1S/C28H40ClF2N9O3.ClH/c1-36(2)10-5-15-43-21-7-4-6-20-23(21)32-25(24(30)31)40(20)28-34-26(33-27(35-28)39-13-16-42-17-14-39)37(3)19-8-11-38(12-9-19)22(41)18-29;/h4,6-7,19,24-25,32H,5,8-18H2,1-3H3;1H. The lowest BCUT2D eigenvalue weighted by molar-refractivity contribution is -0.129. The van der Waals surface area contributed by atoms with Crippen LogP contribution in [0, 0.1) is 0 Å². The van der Waals surface area contributed by atoms with Gasteiger partial charge in [0.1, 0.15) is 17.3 Å². The highest BCUT2D eigenvalue weighted by molar-refractivity contribution is 6.27. The van der Waals surface area contributed by atoms with Crippen molar-refractivity contribution in [2.75, 3.05) is 99.6 Å². The molecule has 44 heavy (non-hydrogen) atoms. The van der Waals surface area contributed by atoms with E-state index in [0.717, 1.165) is 13.0 Å². The van der Waals surface area contributed by atoms with Crippen LogP contribution in [0.2, 0.25) is 0 Å². The second-order valence-electron chi connectivity index (χ2n) is 11.1. The lowest BCUT2D eigenvalue weighted by atomic mass is 10.0. The minimum absolute atomic E-state index is 0. The summed E-state index contributed by atoms with van der Waals surface area (Å²) in [7, 11) is 5.88. The summed E-state index contributed by atoms with van der Waals surface area (Å²) in [5, 5.41) is 2.98. The maximum atomic E-state index is 14.6. The SMILES string of the molecule is CN(C)CCCOc1cccc2c1NC(C(F)F)N2c1nc(N2CCOCC2)nc(N(C)C2CCN(C(=O)CCl)CC2)n1.Cl. The number of amides is 1. The van der Waals surface area contributed by atoms with Crippen molar-refractivity contribution in [2.24, 2.45) is 0 Å². The summed E-state index contributed by atoms with van der Waals surface area (Å²) in [6.45, 7) is 4.62. The highest BCUT2D eigenvalue weighted by Gasteiger charge is 2.40. The molecular formula is C28H41Cl2F2N9O3. The number of ether oxygens (including phenoxy) is 2. The number of rotatable bonds is 11. The van der Waals surface area contributed by atoms with E-state index < -0.39 is 12.6 Å². The number of fused-ring (bicyclic) bond motifs is 1. The van der Waals surface area contributed by atoms with Crippen molar-refractivity contribution < 1.29 is 23.0 Å². The average Bonchev–Trinajstić information content (AvgIpc) is 3.43. The van der Waals surface area contributed by atoms with E-state index in [0.29, 0.717) is 87.9 Å². The highest BCUT2D eigenvalue weighted by atomic mass is 35.5. The summed E-state index contributed by atoms with van der Waals surface area (Å²) < 4.78 is 40.8. The molecule has 2 fully saturated rings. The molecular weight excluding hydrogens is 619 g/mol. The van der Waals surface area contributed by atoms with Crippen LogP contribution in [-0.4, -0.2) is 129 Å². The highest BCUT2D eigenvalue weighted by Crippen LogP contribution is 2.46. The number of piperidine rings is 1. The summed E-state index contributed by atoms with van der Waals surface area (Å²) in [4.78, 5) is 35.6. The lowest BCUT2D eigenvalue weighted by Gasteiger charge is -2.37. The Hall–Kier alpha value is -2.94. The number of alkyl halides is 3. The van der Waals surface area contributed by atoms with Gasteiger partial charge in [0.05, 0.1) is 25.5 Å². The van der Waals surface area contributed by atoms with E-state index in [1.807, 2.05) is 30.9 Å². The monoisotopic (exact) mass is 659 g/mol. The second kappa shape index (κ2) is 15.4. The van der Waals surface area contributed by atoms with Crippen LogP contribution in [0.25, 0.3) is 0 Å². The van der Waals surface area contributed by atoms with Gasteiger partial charge in [-0.05, 0) is 45.5 Å². The first-order chi connectivity index (χ1) is 20.8. The molecule has 1 amide bonds. The van der Waals surface area contributed by atoms with Crippen molar-refractivity contribution in [1.29, 1.82) is 0 Å². The molecule has 1 aromatic heterocycles. The first kappa shape index (κ1) is 33.9. The number of benzene rings is 1. The first-order valence-corrected chi connectivity index (χ1v) is 15.2. The predicted molar refractivity (Wildman–Crippen MR) is 169 cm³/mol. The maximum absolute atomic E-state index is 14.6. The fraction of sp³-hybridized carbons (Fsp3) is 0.643. The number of halogens is 4. The van der Waals surface area contributed by atoms with Crippen LogP contribution in [0.15, 0.2) is 18.2 Å². The molecule has 3 aliphatic heterocycles. The summed E-state index contributed by atoms with van der Waals surface area (Å²) in [6.07, 6.45) is -1.94. The molecule has 12 nitrogen and oxygen atoms in total. The molecule has 0 saturated carbocycles. The van der Waals surface area contributed by atoms with Crippen LogP contribution in [-0.2, 0) is 9.53 Å². The van der Waals surface area contributed by atoms with Crippen molar-refractivity contribution in [3.05, 3.63) is 18.2 Å². The Bertz CT molecular complexity index is 1250. The van der Waals surface area contributed by atoms with Gasteiger partial charge in [0, 0.05) is 45.8 Å². The van der Waals surface area contributed by atoms with Gasteiger partial charge in [0.15, 0.2) is 6.17 Å². The number of morpholine rings is 1. The molecule has 3 aliphatic rings. The van der Waals surface area contributed by atoms with Gasteiger partial charge in [-0.25, -0.2) is 8.78 Å². The van der Waals surface area contributed by atoms with Gasteiger partial charge in [-0.3, -0.25) is 9.69 Å². The van der Waals surface area contributed by atoms with Crippen molar-refractivity contribution in [3.63, 3.8) is 0 Å². The van der Waals surface area contributed by atoms with E-state index in [4.69, 9.17) is 36.0 Å². The molecule has 0 radical (unpaired) electrons. The molecule has 1 atom stereocenters. The van der Waals surface area contributed by atoms with Gasteiger partial charge in [-0.15, -0.1) is 24.0 Å². The zero-order valence-electron chi connectivity index (χ0n) is 25.3. The maximum Gasteiger partial charge on any atom is 0.277 e. The van der Waals surface area contributed by atoms with Crippen LogP contribution < -0.4 is 24.8 Å². The van der Waals surface area contributed by atoms with Crippen LogP contribution >= 0.6 is 24.0 Å². The Morgan fingerprint density at radius 3 is 2.48 bits per heavy atom. The third-order valence-electron chi connectivity index (χ3n) is 7.98. The number of carbonyl (C=O) groups excluding carboxylic acids is 1. The topological polar surface area (TPSA) is 102 Å². The van der Waals surface area contributed by atoms with E-state index >= 15 is 0 Å². The average molecular weight is 661 g/mol. The number of nitrogens with zero attached hydrogens (tertiary/aromatic N) is 8. The van der Waals surface area contributed by atoms with Gasteiger partial charge in [0.2, 0.25) is 23.8 Å². The fourth-order valence-electron chi connectivity index (χ4n) is 5.58. The van der Waals surface area contributed by atoms with E-state index in [2.05, 4.69) is 10.2 Å². The summed E-state index contributed by atoms with van der Waals surface area (Å²) >= 11 is 5.76. The van der Waals surface area contributed by atoms with Gasteiger partial charge in [-0.2, -0.15) is 15.0 Å². The third kappa shape index (κ3) is 7.64. The summed E-state index contributed by atoms with van der Waals surface area (Å²) in [6, 6.07) is 5.38. The molecule has 2 saturated heterocycles. The molecule has 16 heteroatoms. The minimum atomic E-state index is -2.75. The zero-order chi connectivity index (χ0) is 30.5. The third-order valence-corrected chi connectivity index (χ3v) is 8.21. The molecule has 1 unspecified atom stereocenters. The van der Waals surface area contributed by atoms with Gasteiger partial charge in [-0.1, -0.05) is 6.07 Å². The number of nitrogens with one attached hydrogen (secondary N) is 1. The number of aromatic nitrogens is 3. The number of hydrogen-bond donors (Lipinski definition) is 1. The molecule has 2 aromatic rings. The molecule has 0 bridgehead atoms. The lowest BCUT2D eigenvalue weighted by Crippen LogP contribution is -2.47. The Labute approximate surface area is 268 Å². The quantitative estimate of drug-likeness (QED) is 0.284. The van der Waals surface area contributed by atoms with Crippen LogP contribution in [0.5, 0.6) is 5.75 Å². The molecule has 5 rings (SSSR count).